The molecule has 1 nitrogen and oxygen atoms in total. The van der Waals surface area contributed by atoms with Crippen LogP contribution < -0.4 is 0 Å². The summed E-state index contributed by atoms with van der Waals surface area (Å²) in [5.41, 5.74) is 0. The minimum absolute atomic E-state index is 0.201. The van der Waals surface area contributed by atoms with E-state index in [1.807, 2.05) is 0 Å². The molecule has 2 unspecified atom stereocenters. The van der Waals surface area contributed by atoms with Gasteiger partial charge >= 0.3 is 0 Å². The maximum atomic E-state index is 12.0. The summed E-state index contributed by atoms with van der Waals surface area (Å²) in [5.74, 6) is 2.54. The third-order valence-electron chi connectivity index (χ3n) is 5.97. The average molecular weight is 328 g/mol. The standard InChI is InChI=1S/C20H34F2O/c1-2-3-4-6-16-9-11-17(12-10-16)18-13-14-19(23-15-18)7-5-8-20(21)22/h8,16-19H,2-7,9-15H2,1H3. The lowest BCUT2D eigenvalue weighted by Gasteiger charge is -2.38. The number of hydrogen-bond donors (Lipinski definition) is 0. The van der Waals surface area contributed by atoms with Crippen molar-refractivity contribution in [3.8, 4) is 0 Å². The average Bonchev–Trinajstić information content (AvgIpc) is 2.56. The first-order valence-electron chi connectivity index (χ1n) is 9.81. The Morgan fingerprint density at radius 3 is 2.30 bits per heavy atom. The van der Waals surface area contributed by atoms with Crippen LogP contribution in [0.4, 0.5) is 8.78 Å². The number of allylic oxidation sites excluding steroid dienone is 1. The Balaban J connectivity index is 1.60. The zero-order chi connectivity index (χ0) is 16.5. The molecule has 2 atom stereocenters. The summed E-state index contributed by atoms with van der Waals surface area (Å²) < 4.78 is 30.0. The Hall–Kier alpha value is -0.440. The molecule has 0 aromatic carbocycles. The van der Waals surface area contributed by atoms with E-state index in [4.69, 9.17) is 4.74 Å². The second-order valence-corrected chi connectivity index (χ2v) is 7.64. The highest BCUT2D eigenvalue weighted by molar-refractivity contribution is 4.84. The van der Waals surface area contributed by atoms with Crippen molar-refractivity contribution in [1.29, 1.82) is 0 Å². The number of hydrogen-bond acceptors (Lipinski definition) is 1. The summed E-state index contributed by atoms with van der Waals surface area (Å²) in [6.07, 6.45) is 14.3. The summed E-state index contributed by atoms with van der Waals surface area (Å²) in [7, 11) is 0. The molecule has 2 rings (SSSR count). The van der Waals surface area contributed by atoms with Crippen LogP contribution >= 0.6 is 0 Å². The number of halogens is 2. The van der Waals surface area contributed by atoms with Gasteiger partial charge in [0.15, 0.2) is 0 Å². The first-order chi connectivity index (χ1) is 11.2. The van der Waals surface area contributed by atoms with Gasteiger partial charge in [-0.3, -0.25) is 0 Å². The SMILES string of the molecule is CCCCCC1CCC(C2CCC(CCC=C(F)F)OC2)CC1. The third kappa shape index (κ3) is 6.91. The Kier molecular flexibility index (Phi) is 8.57. The molecule has 1 aliphatic heterocycles. The highest BCUT2D eigenvalue weighted by atomic mass is 19.3. The van der Waals surface area contributed by atoms with E-state index in [0.717, 1.165) is 43.3 Å². The topological polar surface area (TPSA) is 9.23 Å². The molecule has 0 aromatic heterocycles. The van der Waals surface area contributed by atoms with E-state index in [9.17, 15) is 8.78 Å². The Morgan fingerprint density at radius 1 is 0.957 bits per heavy atom. The van der Waals surface area contributed by atoms with Gasteiger partial charge in [-0.25, -0.2) is 0 Å². The maximum absolute atomic E-state index is 12.0. The van der Waals surface area contributed by atoms with Crippen LogP contribution in [-0.4, -0.2) is 12.7 Å². The summed E-state index contributed by atoms with van der Waals surface area (Å²) in [6, 6.07) is 0. The van der Waals surface area contributed by atoms with Gasteiger partial charge in [0.1, 0.15) is 0 Å². The summed E-state index contributed by atoms with van der Waals surface area (Å²) in [4.78, 5) is 0. The van der Waals surface area contributed by atoms with Crippen LogP contribution in [0.15, 0.2) is 12.2 Å². The van der Waals surface area contributed by atoms with E-state index in [-0.39, 0.29) is 6.10 Å². The van der Waals surface area contributed by atoms with Crippen molar-refractivity contribution in [2.75, 3.05) is 6.61 Å². The second-order valence-electron chi connectivity index (χ2n) is 7.64. The molecule has 2 aliphatic rings. The molecule has 1 heterocycles. The zero-order valence-electron chi connectivity index (χ0n) is 14.7. The molecular weight excluding hydrogens is 294 g/mol. The molecule has 1 saturated heterocycles. The molecule has 0 radical (unpaired) electrons. The lowest BCUT2D eigenvalue weighted by atomic mass is 9.72. The van der Waals surface area contributed by atoms with Crippen LogP contribution in [0.25, 0.3) is 0 Å². The van der Waals surface area contributed by atoms with E-state index in [1.165, 1.54) is 57.8 Å². The predicted molar refractivity (Wildman–Crippen MR) is 91.6 cm³/mol. The Morgan fingerprint density at radius 2 is 1.70 bits per heavy atom. The van der Waals surface area contributed by atoms with Crippen molar-refractivity contribution < 1.29 is 13.5 Å². The monoisotopic (exact) mass is 328 g/mol. The van der Waals surface area contributed by atoms with E-state index in [1.54, 1.807) is 0 Å². The van der Waals surface area contributed by atoms with Crippen molar-refractivity contribution in [3.63, 3.8) is 0 Å². The highest BCUT2D eigenvalue weighted by Crippen LogP contribution is 2.39. The fourth-order valence-corrected chi connectivity index (χ4v) is 4.44. The first-order valence-corrected chi connectivity index (χ1v) is 9.81. The number of rotatable bonds is 8. The fraction of sp³-hybridized carbons (Fsp3) is 0.900. The van der Waals surface area contributed by atoms with Crippen LogP contribution in [-0.2, 0) is 4.74 Å². The molecule has 0 bridgehead atoms. The quantitative estimate of drug-likeness (QED) is 0.449. The predicted octanol–water partition coefficient (Wildman–Crippen LogP) is 6.73. The van der Waals surface area contributed by atoms with Crippen LogP contribution in [0, 0.1) is 17.8 Å². The van der Waals surface area contributed by atoms with Crippen LogP contribution in [0.1, 0.15) is 84.0 Å². The summed E-state index contributed by atoms with van der Waals surface area (Å²) >= 11 is 0. The highest BCUT2D eigenvalue weighted by Gasteiger charge is 2.31. The molecule has 134 valence electrons. The maximum Gasteiger partial charge on any atom is 0.266 e. The summed E-state index contributed by atoms with van der Waals surface area (Å²) in [6.45, 7) is 3.13. The van der Waals surface area contributed by atoms with Crippen LogP contribution in [0.3, 0.4) is 0 Å². The molecule has 0 aromatic rings. The van der Waals surface area contributed by atoms with Gasteiger partial charge in [-0.1, -0.05) is 45.4 Å². The largest absolute Gasteiger partial charge is 0.378 e. The van der Waals surface area contributed by atoms with Gasteiger partial charge < -0.3 is 4.74 Å². The van der Waals surface area contributed by atoms with Gasteiger partial charge in [-0.05, 0) is 62.4 Å². The zero-order valence-corrected chi connectivity index (χ0v) is 14.7. The minimum atomic E-state index is -1.56. The normalized spacial score (nSPS) is 31.8. The van der Waals surface area contributed by atoms with E-state index < -0.39 is 6.08 Å². The van der Waals surface area contributed by atoms with Gasteiger partial charge in [0.25, 0.3) is 6.08 Å². The molecule has 1 aliphatic carbocycles. The lowest BCUT2D eigenvalue weighted by molar-refractivity contribution is -0.0416. The molecule has 0 N–H and O–H groups in total. The second kappa shape index (κ2) is 10.4. The summed E-state index contributed by atoms with van der Waals surface area (Å²) in [5, 5.41) is 0. The molecule has 2 fully saturated rings. The van der Waals surface area contributed by atoms with Gasteiger partial charge in [0.05, 0.1) is 12.7 Å². The van der Waals surface area contributed by atoms with Crippen LogP contribution in [0.2, 0.25) is 0 Å². The van der Waals surface area contributed by atoms with Crippen molar-refractivity contribution in [1.82, 2.24) is 0 Å². The molecule has 23 heavy (non-hydrogen) atoms. The van der Waals surface area contributed by atoms with Crippen molar-refractivity contribution in [2.45, 2.75) is 90.1 Å². The molecule has 0 spiro atoms. The van der Waals surface area contributed by atoms with Gasteiger partial charge in [-0.2, -0.15) is 8.78 Å². The van der Waals surface area contributed by atoms with Gasteiger partial charge in [0.2, 0.25) is 0 Å². The minimum Gasteiger partial charge on any atom is -0.378 e. The Labute approximate surface area is 140 Å². The Bertz CT molecular complexity index is 336. The molecule has 3 heteroatoms. The van der Waals surface area contributed by atoms with Crippen LogP contribution in [0.5, 0.6) is 0 Å². The van der Waals surface area contributed by atoms with Gasteiger partial charge in [-0.15, -0.1) is 0 Å². The molecular formula is C20H34F2O. The fourth-order valence-electron chi connectivity index (χ4n) is 4.44. The van der Waals surface area contributed by atoms with Crippen molar-refractivity contribution in [2.24, 2.45) is 17.8 Å². The van der Waals surface area contributed by atoms with Crippen molar-refractivity contribution >= 4 is 0 Å². The first kappa shape index (κ1) is 18.9. The number of unbranched alkanes of at least 4 members (excludes halogenated alkanes) is 2. The number of ether oxygens (including phenoxy) is 1. The van der Waals surface area contributed by atoms with Gasteiger partial charge in [0, 0.05) is 0 Å². The molecule has 0 amide bonds. The third-order valence-corrected chi connectivity index (χ3v) is 5.97. The molecule has 1 saturated carbocycles. The van der Waals surface area contributed by atoms with E-state index >= 15 is 0 Å². The van der Waals surface area contributed by atoms with E-state index in [0.29, 0.717) is 6.42 Å². The van der Waals surface area contributed by atoms with Crippen molar-refractivity contribution in [3.05, 3.63) is 12.2 Å². The lowest BCUT2D eigenvalue weighted by Crippen LogP contribution is -2.32. The van der Waals surface area contributed by atoms with E-state index in [2.05, 4.69) is 6.92 Å². The smallest absolute Gasteiger partial charge is 0.266 e.